The average molecular weight is 493 g/mol. The van der Waals surface area contributed by atoms with E-state index in [2.05, 4.69) is 4.98 Å². The highest BCUT2D eigenvalue weighted by molar-refractivity contribution is 7.80. The maximum absolute atomic E-state index is 11.3. The molecule has 34 heavy (non-hydrogen) atoms. The molecule has 1 N–H and O–H groups in total. The number of hydrogen-bond donors (Lipinski definition) is 1. The van der Waals surface area contributed by atoms with Crippen molar-refractivity contribution in [2.75, 3.05) is 27.9 Å². The van der Waals surface area contributed by atoms with Crippen molar-refractivity contribution < 1.29 is 36.1 Å². The molecule has 4 rings (SSSR count). The van der Waals surface area contributed by atoms with Gasteiger partial charge in [-0.1, -0.05) is 0 Å². The van der Waals surface area contributed by atoms with Gasteiger partial charge in [0.15, 0.2) is 17.2 Å². The van der Waals surface area contributed by atoms with Crippen LogP contribution in [0.5, 0.6) is 23.1 Å². The predicted molar refractivity (Wildman–Crippen MR) is 124 cm³/mol. The second-order valence-corrected chi connectivity index (χ2v) is 9.12. The fourth-order valence-corrected chi connectivity index (χ4v) is 5.22. The van der Waals surface area contributed by atoms with Gasteiger partial charge in [0.05, 0.1) is 45.8 Å². The van der Waals surface area contributed by atoms with Gasteiger partial charge in [0.1, 0.15) is 0 Å². The Morgan fingerprint density at radius 3 is 2.44 bits per heavy atom. The number of methoxy groups -OCH3 is 3. The standard InChI is InChI=1S/C23H28N2O8S/c1-5-32-20-10-15-16-9-14(33-34(26,27)28)6-7-18(16)25-22(17(15)11-19(20)29-2)13-8-21(30-3)23(31-4)24-12-13/h8,10-12,14,16,18H,5-7,9H2,1-4H3,(H,26,27,28)/t14-,16-,18-/m1/s1. The Hall–Kier alpha value is -2.89. The Morgan fingerprint density at radius 2 is 1.79 bits per heavy atom. The molecule has 0 saturated heterocycles. The van der Waals surface area contributed by atoms with Crippen molar-refractivity contribution in [3.63, 3.8) is 0 Å². The number of nitrogens with zero attached hydrogens (tertiary/aromatic N) is 2. The van der Waals surface area contributed by atoms with Gasteiger partial charge in [-0.2, -0.15) is 8.42 Å². The lowest BCUT2D eigenvalue weighted by Crippen LogP contribution is -2.36. The van der Waals surface area contributed by atoms with E-state index in [0.29, 0.717) is 49.0 Å². The second-order valence-electron chi connectivity index (χ2n) is 8.07. The lowest BCUT2D eigenvalue weighted by atomic mass is 9.74. The van der Waals surface area contributed by atoms with Crippen molar-refractivity contribution in [1.82, 2.24) is 4.98 Å². The summed E-state index contributed by atoms with van der Waals surface area (Å²) in [6, 6.07) is 5.51. The first-order valence-corrected chi connectivity index (χ1v) is 12.3. The third-order valence-corrected chi connectivity index (χ3v) is 6.63. The molecule has 0 bridgehead atoms. The molecule has 11 heteroatoms. The second kappa shape index (κ2) is 9.77. The summed E-state index contributed by atoms with van der Waals surface area (Å²) >= 11 is 0. The predicted octanol–water partition coefficient (Wildman–Crippen LogP) is 3.18. The summed E-state index contributed by atoms with van der Waals surface area (Å²) in [5.74, 6) is 1.87. The molecular formula is C23H28N2O8S. The number of pyridine rings is 1. The summed E-state index contributed by atoms with van der Waals surface area (Å²) in [5.41, 5.74) is 3.24. The van der Waals surface area contributed by atoms with Gasteiger partial charge in [0.25, 0.3) is 5.88 Å². The van der Waals surface area contributed by atoms with Crippen LogP contribution in [0.4, 0.5) is 0 Å². The van der Waals surface area contributed by atoms with Gasteiger partial charge in [-0.25, -0.2) is 9.17 Å². The van der Waals surface area contributed by atoms with E-state index in [9.17, 15) is 13.0 Å². The van der Waals surface area contributed by atoms with E-state index < -0.39 is 16.5 Å². The summed E-state index contributed by atoms with van der Waals surface area (Å²) in [7, 11) is 0.0907. The zero-order chi connectivity index (χ0) is 24.5. The first-order valence-electron chi connectivity index (χ1n) is 10.9. The van der Waals surface area contributed by atoms with Gasteiger partial charge in [0.2, 0.25) is 0 Å². The number of ether oxygens (including phenoxy) is 4. The van der Waals surface area contributed by atoms with Gasteiger partial charge in [0, 0.05) is 23.2 Å². The third kappa shape index (κ3) is 4.82. The third-order valence-electron chi connectivity index (χ3n) is 6.11. The van der Waals surface area contributed by atoms with Crippen LogP contribution in [-0.4, -0.2) is 63.7 Å². The van der Waals surface area contributed by atoms with Crippen molar-refractivity contribution in [2.24, 2.45) is 4.99 Å². The van der Waals surface area contributed by atoms with Crippen LogP contribution >= 0.6 is 0 Å². The van der Waals surface area contributed by atoms with Crippen LogP contribution in [0.2, 0.25) is 0 Å². The molecule has 0 radical (unpaired) electrons. The van der Waals surface area contributed by atoms with E-state index in [1.165, 1.54) is 7.11 Å². The molecule has 184 valence electrons. The molecule has 2 heterocycles. The fourth-order valence-electron chi connectivity index (χ4n) is 4.71. The van der Waals surface area contributed by atoms with Gasteiger partial charge >= 0.3 is 10.4 Å². The summed E-state index contributed by atoms with van der Waals surface area (Å²) in [4.78, 5) is 9.41. The molecule has 0 spiro atoms. The number of aliphatic imine (C=N–C) groups is 1. The van der Waals surface area contributed by atoms with E-state index in [4.69, 9.17) is 28.1 Å². The molecule has 0 amide bonds. The minimum absolute atomic E-state index is 0.111. The monoisotopic (exact) mass is 492 g/mol. The fraction of sp³-hybridized carbons (Fsp3) is 0.478. The van der Waals surface area contributed by atoms with Crippen LogP contribution in [-0.2, 0) is 14.6 Å². The normalized spacial score (nSPS) is 21.7. The zero-order valence-electron chi connectivity index (χ0n) is 19.5. The lowest BCUT2D eigenvalue weighted by Gasteiger charge is -2.38. The van der Waals surface area contributed by atoms with Crippen LogP contribution in [0.25, 0.3) is 0 Å². The van der Waals surface area contributed by atoms with E-state index >= 15 is 0 Å². The molecule has 3 atom stereocenters. The molecule has 0 unspecified atom stereocenters. The van der Waals surface area contributed by atoms with E-state index in [-0.39, 0.29) is 12.0 Å². The molecule has 1 aliphatic carbocycles. The van der Waals surface area contributed by atoms with E-state index in [0.717, 1.165) is 22.4 Å². The molecule has 1 aromatic heterocycles. The molecule has 1 fully saturated rings. The number of hydrogen-bond acceptors (Lipinski definition) is 9. The van der Waals surface area contributed by atoms with Crippen molar-refractivity contribution in [3.05, 3.63) is 41.1 Å². The van der Waals surface area contributed by atoms with E-state index in [1.807, 2.05) is 25.1 Å². The topological polar surface area (TPSA) is 126 Å². The van der Waals surface area contributed by atoms with Gasteiger partial charge in [-0.05, 0) is 49.9 Å². The molecule has 1 aliphatic heterocycles. The SMILES string of the molecule is CCOc1cc2c(cc1OC)C(c1cnc(OC)c(OC)c1)=N[C@@H]1CC[C@@H](OS(=O)(=O)O)C[C@H]21. The van der Waals surface area contributed by atoms with Crippen LogP contribution in [0.1, 0.15) is 48.8 Å². The number of fused-ring (bicyclic) bond motifs is 3. The molecule has 2 aromatic rings. The Bertz CT molecular complexity index is 1200. The molecular weight excluding hydrogens is 464 g/mol. The highest BCUT2D eigenvalue weighted by Crippen LogP contribution is 2.46. The van der Waals surface area contributed by atoms with E-state index in [1.54, 1.807) is 20.4 Å². The zero-order valence-corrected chi connectivity index (χ0v) is 20.3. The Balaban J connectivity index is 1.83. The van der Waals surface area contributed by atoms with Crippen LogP contribution in [0.3, 0.4) is 0 Å². The van der Waals surface area contributed by atoms with Crippen LogP contribution in [0.15, 0.2) is 29.4 Å². The van der Waals surface area contributed by atoms with Crippen molar-refractivity contribution in [1.29, 1.82) is 0 Å². The summed E-state index contributed by atoms with van der Waals surface area (Å²) in [6.45, 7) is 2.35. The number of benzene rings is 1. The highest BCUT2D eigenvalue weighted by atomic mass is 32.3. The Labute approximate surface area is 198 Å². The summed E-state index contributed by atoms with van der Waals surface area (Å²) in [5, 5.41) is 0. The smallest absolute Gasteiger partial charge is 0.397 e. The highest BCUT2D eigenvalue weighted by Gasteiger charge is 2.39. The molecule has 1 aromatic carbocycles. The Kier molecular flexibility index (Phi) is 6.96. The summed E-state index contributed by atoms with van der Waals surface area (Å²) < 4.78 is 58.8. The van der Waals surface area contributed by atoms with Gasteiger partial charge in [-0.3, -0.25) is 9.55 Å². The lowest BCUT2D eigenvalue weighted by molar-refractivity contribution is 0.124. The molecule has 1 saturated carbocycles. The van der Waals surface area contributed by atoms with Gasteiger partial charge in [-0.15, -0.1) is 0 Å². The van der Waals surface area contributed by atoms with Crippen LogP contribution < -0.4 is 18.9 Å². The van der Waals surface area contributed by atoms with Gasteiger partial charge < -0.3 is 18.9 Å². The molecule has 2 aliphatic rings. The minimum atomic E-state index is -4.55. The van der Waals surface area contributed by atoms with Crippen molar-refractivity contribution in [3.8, 4) is 23.1 Å². The average Bonchev–Trinajstić information content (AvgIpc) is 2.82. The number of aromatic nitrogens is 1. The molecule has 10 nitrogen and oxygen atoms in total. The first-order chi connectivity index (χ1) is 16.3. The minimum Gasteiger partial charge on any atom is -0.493 e. The quantitative estimate of drug-likeness (QED) is 0.553. The number of rotatable bonds is 8. The van der Waals surface area contributed by atoms with Crippen molar-refractivity contribution in [2.45, 2.75) is 44.2 Å². The van der Waals surface area contributed by atoms with Crippen LogP contribution in [0, 0.1) is 0 Å². The maximum atomic E-state index is 11.3. The maximum Gasteiger partial charge on any atom is 0.397 e. The summed E-state index contributed by atoms with van der Waals surface area (Å²) in [6.07, 6.45) is 2.47. The Morgan fingerprint density at radius 1 is 1.03 bits per heavy atom. The van der Waals surface area contributed by atoms with Crippen molar-refractivity contribution >= 4 is 16.1 Å². The first kappa shape index (κ1) is 24.2. The largest absolute Gasteiger partial charge is 0.493 e.